The van der Waals surface area contributed by atoms with Gasteiger partial charge in [-0.1, -0.05) is 23.9 Å². The van der Waals surface area contributed by atoms with E-state index in [1.807, 2.05) is 22.9 Å². The lowest BCUT2D eigenvalue weighted by Gasteiger charge is -2.05. The number of nitrogens with one attached hydrogen (secondary N) is 1. The number of furan rings is 1. The van der Waals surface area contributed by atoms with E-state index in [0.717, 1.165) is 11.8 Å². The molecule has 2 aromatic carbocycles. The Labute approximate surface area is 171 Å². The van der Waals surface area contributed by atoms with Gasteiger partial charge < -0.3 is 4.42 Å². The lowest BCUT2D eigenvalue weighted by molar-refractivity contribution is -0.117. The normalized spacial score (nSPS) is 14.8. The van der Waals surface area contributed by atoms with Crippen LogP contribution in [0.2, 0.25) is 0 Å². The van der Waals surface area contributed by atoms with Crippen molar-refractivity contribution in [1.82, 2.24) is 4.72 Å². The molecule has 3 aromatic rings. The Bertz CT molecular complexity index is 1250. The van der Waals surface area contributed by atoms with Crippen molar-refractivity contribution in [3.8, 4) is 11.3 Å². The van der Waals surface area contributed by atoms with Gasteiger partial charge in [-0.3, -0.25) is 9.59 Å². The molecule has 0 fully saturated rings. The minimum Gasteiger partial charge on any atom is -0.457 e. The molecule has 0 radical (unpaired) electrons. The van der Waals surface area contributed by atoms with Gasteiger partial charge in [0.05, 0.1) is 9.80 Å². The van der Waals surface area contributed by atoms with E-state index in [9.17, 15) is 18.0 Å². The lowest BCUT2D eigenvalue weighted by Crippen LogP contribution is -2.28. The molecule has 6 nitrogen and oxygen atoms in total. The van der Waals surface area contributed by atoms with Crippen LogP contribution < -0.4 is 4.72 Å². The van der Waals surface area contributed by atoms with E-state index in [-0.39, 0.29) is 10.7 Å². The third-order valence-corrected chi connectivity index (χ3v) is 6.75. The van der Waals surface area contributed by atoms with Gasteiger partial charge in [0.15, 0.2) is 0 Å². The number of Topliss-reactive ketones (excluding diaryl/α,β-unsaturated/α-hetero) is 1. The number of hydrogen-bond donors (Lipinski definition) is 1. The number of ketones is 1. The monoisotopic (exact) mass is 425 g/mol. The molecule has 8 heteroatoms. The zero-order valence-electron chi connectivity index (χ0n) is 15.2. The summed E-state index contributed by atoms with van der Waals surface area (Å²) in [5.74, 6) is 0.377. The van der Waals surface area contributed by atoms with Crippen LogP contribution in [0.15, 0.2) is 79.8 Å². The number of sulfonamides is 1. The molecular formula is C21H15NO5S2. The Hall–Kier alpha value is -3.10. The maximum atomic E-state index is 12.5. The summed E-state index contributed by atoms with van der Waals surface area (Å²) >= 11 is 1.40. The van der Waals surface area contributed by atoms with Crippen molar-refractivity contribution in [3.05, 3.63) is 76.9 Å². The molecule has 0 saturated heterocycles. The number of carbonyl (C=O) groups excluding carboxylic acids is 2. The van der Waals surface area contributed by atoms with Gasteiger partial charge in [-0.2, -0.15) is 0 Å². The van der Waals surface area contributed by atoms with Crippen LogP contribution in [0.4, 0.5) is 0 Å². The van der Waals surface area contributed by atoms with Crippen LogP contribution in [0, 0.1) is 0 Å². The summed E-state index contributed by atoms with van der Waals surface area (Å²) in [5, 5.41) is 0. The minimum absolute atomic E-state index is 0.0175. The highest BCUT2D eigenvalue weighted by Crippen LogP contribution is 2.40. The second-order valence-corrected chi connectivity index (χ2v) is 9.09. The lowest BCUT2D eigenvalue weighted by atomic mass is 10.1. The molecule has 0 atom stereocenters. The molecule has 0 bridgehead atoms. The summed E-state index contributed by atoms with van der Waals surface area (Å²) in [5.41, 5.74) is 1.36. The fraction of sp³-hybridized carbons (Fsp3) is 0.0476. The van der Waals surface area contributed by atoms with Crippen molar-refractivity contribution in [1.29, 1.82) is 0 Å². The van der Waals surface area contributed by atoms with Crippen molar-refractivity contribution < 1.29 is 22.4 Å². The SMILES string of the molecule is CC(=O)NS(=O)(=O)c1ccc(-c2ccc(/C=C3\Sc4ccccc4C3=O)o2)cc1. The molecule has 1 aliphatic rings. The molecule has 0 saturated carbocycles. The second kappa shape index (κ2) is 7.38. The molecule has 1 aliphatic heterocycles. The molecule has 2 heterocycles. The number of thioether (sulfide) groups is 1. The van der Waals surface area contributed by atoms with Gasteiger partial charge in [-0.25, -0.2) is 13.1 Å². The van der Waals surface area contributed by atoms with Crippen molar-refractivity contribution in [3.63, 3.8) is 0 Å². The van der Waals surface area contributed by atoms with Crippen molar-refractivity contribution in [2.24, 2.45) is 0 Å². The maximum Gasteiger partial charge on any atom is 0.264 e. The van der Waals surface area contributed by atoms with Gasteiger partial charge >= 0.3 is 0 Å². The van der Waals surface area contributed by atoms with Gasteiger partial charge in [0.25, 0.3) is 10.0 Å². The van der Waals surface area contributed by atoms with Crippen molar-refractivity contribution in [2.75, 3.05) is 0 Å². The molecule has 1 amide bonds. The second-order valence-electron chi connectivity index (χ2n) is 6.32. The predicted molar refractivity (Wildman–Crippen MR) is 110 cm³/mol. The van der Waals surface area contributed by atoms with Gasteiger partial charge in [-0.05, 0) is 54.6 Å². The molecule has 4 rings (SSSR count). The summed E-state index contributed by atoms with van der Waals surface area (Å²) in [6, 6.07) is 16.9. The Balaban J connectivity index is 1.56. The molecule has 1 aromatic heterocycles. The first-order valence-corrected chi connectivity index (χ1v) is 10.9. The average Bonchev–Trinajstić information content (AvgIpc) is 3.27. The molecule has 1 N–H and O–H groups in total. The van der Waals surface area contributed by atoms with Gasteiger partial charge in [-0.15, -0.1) is 0 Å². The third kappa shape index (κ3) is 3.90. The predicted octanol–water partition coefficient (Wildman–Crippen LogP) is 4.10. The van der Waals surface area contributed by atoms with Crippen LogP contribution in [-0.2, 0) is 14.8 Å². The number of benzene rings is 2. The van der Waals surface area contributed by atoms with E-state index in [1.165, 1.54) is 23.9 Å². The Morgan fingerprint density at radius 2 is 1.76 bits per heavy atom. The third-order valence-electron chi connectivity index (χ3n) is 4.20. The highest BCUT2D eigenvalue weighted by Gasteiger charge is 2.25. The summed E-state index contributed by atoms with van der Waals surface area (Å²) in [4.78, 5) is 25.0. The maximum absolute atomic E-state index is 12.5. The zero-order chi connectivity index (χ0) is 20.6. The van der Waals surface area contributed by atoms with E-state index in [2.05, 4.69) is 0 Å². The molecule has 146 valence electrons. The number of rotatable bonds is 4. The summed E-state index contributed by atoms with van der Waals surface area (Å²) in [7, 11) is -3.88. The fourth-order valence-electron chi connectivity index (χ4n) is 2.90. The molecule has 0 unspecified atom stereocenters. The van der Waals surface area contributed by atoms with Crippen LogP contribution in [0.5, 0.6) is 0 Å². The van der Waals surface area contributed by atoms with E-state index < -0.39 is 15.9 Å². The van der Waals surface area contributed by atoms with Gasteiger partial charge in [0.1, 0.15) is 11.5 Å². The Kier molecular flexibility index (Phi) is 4.89. The highest BCUT2D eigenvalue weighted by atomic mass is 32.2. The van der Waals surface area contributed by atoms with Crippen molar-refractivity contribution >= 4 is 39.6 Å². The van der Waals surface area contributed by atoms with Gasteiger partial charge in [0.2, 0.25) is 11.7 Å². The zero-order valence-corrected chi connectivity index (χ0v) is 16.8. The van der Waals surface area contributed by atoms with E-state index >= 15 is 0 Å². The fourth-order valence-corrected chi connectivity index (χ4v) is 4.92. The molecule has 0 spiro atoms. The van der Waals surface area contributed by atoms with Crippen LogP contribution in [0.1, 0.15) is 23.0 Å². The standard InChI is InChI=1S/C21H15NO5S2/c1-13(23)22-29(25,26)16-9-6-14(7-10-16)18-11-8-15(27-18)12-20-21(24)17-4-2-3-5-19(17)28-20/h2-12H,1H3,(H,22,23)/b20-12-. The number of amides is 1. The number of hydrogen-bond acceptors (Lipinski definition) is 6. The van der Waals surface area contributed by atoms with Crippen molar-refractivity contribution in [2.45, 2.75) is 16.7 Å². The molecule has 29 heavy (non-hydrogen) atoms. The number of carbonyl (C=O) groups is 2. The largest absolute Gasteiger partial charge is 0.457 e. The summed E-state index contributed by atoms with van der Waals surface area (Å²) in [6.07, 6.45) is 1.70. The first-order valence-electron chi connectivity index (χ1n) is 8.60. The van der Waals surface area contributed by atoms with E-state index in [1.54, 1.807) is 36.4 Å². The molecule has 0 aliphatic carbocycles. The number of fused-ring (bicyclic) bond motifs is 1. The van der Waals surface area contributed by atoms with Crippen LogP contribution in [0.25, 0.3) is 17.4 Å². The smallest absolute Gasteiger partial charge is 0.264 e. The first kappa shape index (κ1) is 19.2. The first-order chi connectivity index (χ1) is 13.8. The minimum atomic E-state index is -3.88. The van der Waals surface area contributed by atoms with Crippen LogP contribution in [0.3, 0.4) is 0 Å². The van der Waals surface area contributed by atoms with E-state index in [0.29, 0.717) is 27.6 Å². The average molecular weight is 425 g/mol. The highest BCUT2D eigenvalue weighted by molar-refractivity contribution is 8.04. The van der Waals surface area contributed by atoms with E-state index in [4.69, 9.17) is 4.42 Å². The topological polar surface area (TPSA) is 93.5 Å². The Morgan fingerprint density at radius 3 is 2.45 bits per heavy atom. The number of allylic oxidation sites excluding steroid dienone is 1. The quantitative estimate of drug-likeness (QED) is 0.633. The Morgan fingerprint density at radius 1 is 1.03 bits per heavy atom. The summed E-state index contributed by atoms with van der Waals surface area (Å²) in [6.45, 7) is 1.14. The van der Waals surface area contributed by atoms with Crippen LogP contribution in [-0.4, -0.2) is 20.1 Å². The summed E-state index contributed by atoms with van der Waals surface area (Å²) < 4.78 is 31.8. The van der Waals surface area contributed by atoms with Crippen LogP contribution >= 0.6 is 11.8 Å². The molecular weight excluding hydrogens is 410 g/mol. The van der Waals surface area contributed by atoms with Gasteiger partial charge in [0, 0.05) is 22.9 Å².